The molecule has 0 aliphatic heterocycles. The molecule has 70 valence electrons. The summed E-state index contributed by atoms with van der Waals surface area (Å²) in [6.07, 6.45) is 0. The van der Waals surface area contributed by atoms with E-state index in [4.69, 9.17) is 5.11 Å². The van der Waals surface area contributed by atoms with Crippen molar-refractivity contribution in [3.8, 4) is 5.75 Å². The van der Waals surface area contributed by atoms with Crippen molar-refractivity contribution in [3.63, 3.8) is 0 Å². The molecule has 1 aromatic rings. The molecule has 0 aliphatic rings. The zero-order chi connectivity index (χ0) is 9.84. The lowest BCUT2D eigenvalue weighted by atomic mass is 10.3. The van der Waals surface area contributed by atoms with E-state index in [2.05, 4.69) is 20.7 Å². The first-order valence-electron chi connectivity index (χ1n) is 3.39. The molecule has 0 radical (unpaired) electrons. The second-order valence-corrected chi connectivity index (χ2v) is 3.17. The van der Waals surface area contributed by atoms with Crippen molar-refractivity contribution in [3.05, 3.63) is 28.5 Å². The summed E-state index contributed by atoms with van der Waals surface area (Å²) in [4.78, 5) is 10.1. The van der Waals surface area contributed by atoms with Crippen LogP contribution in [0.1, 0.15) is 0 Å². The molecule has 0 aromatic heterocycles. The van der Waals surface area contributed by atoms with E-state index in [1.165, 1.54) is 12.1 Å². The fraction of sp³-hybridized carbons (Fsp3) is 0.125. The van der Waals surface area contributed by atoms with E-state index < -0.39 is 18.4 Å². The quantitative estimate of drug-likeness (QED) is 0.891. The summed E-state index contributed by atoms with van der Waals surface area (Å²) in [5.41, 5.74) is 0. The monoisotopic (exact) mass is 248 g/mol. The standard InChI is InChI=1S/C8H6BrFO3/c9-5-1-2-7(6(10)3-5)13-4-8(11)12/h1-3H,4H2,(H,11,12). The number of carbonyl (C=O) groups is 1. The third-order valence-corrected chi connectivity index (χ3v) is 1.74. The summed E-state index contributed by atoms with van der Waals surface area (Å²) < 4.78 is 18.2. The molecule has 13 heavy (non-hydrogen) atoms. The largest absolute Gasteiger partial charge is 0.479 e. The van der Waals surface area contributed by atoms with Gasteiger partial charge in [0, 0.05) is 4.47 Å². The Bertz CT molecular complexity index is 327. The number of hydrogen-bond donors (Lipinski definition) is 1. The highest BCUT2D eigenvalue weighted by molar-refractivity contribution is 9.10. The summed E-state index contributed by atoms with van der Waals surface area (Å²) in [7, 11) is 0. The van der Waals surface area contributed by atoms with E-state index in [0.29, 0.717) is 4.47 Å². The predicted octanol–water partition coefficient (Wildman–Crippen LogP) is 2.05. The van der Waals surface area contributed by atoms with Crippen LogP contribution in [0.3, 0.4) is 0 Å². The average Bonchev–Trinajstić information content (AvgIpc) is 2.02. The first-order valence-corrected chi connectivity index (χ1v) is 4.18. The molecule has 1 rings (SSSR count). The molecule has 0 fully saturated rings. The van der Waals surface area contributed by atoms with Gasteiger partial charge in [-0.3, -0.25) is 0 Å². The van der Waals surface area contributed by atoms with Crippen LogP contribution in [0.2, 0.25) is 0 Å². The molecule has 0 spiro atoms. The van der Waals surface area contributed by atoms with Crippen LogP contribution in [0.25, 0.3) is 0 Å². The number of carboxylic acids is 1. The maximum atomic E-state index is 13.0. The number of benzene rings is 1. The van der Waals surface area contributed by atoms with E-state index >= 15 is 0 Å². The van der Waals surface area contributed by atoms with E-state index in [1.807, 2.05) is 0 Å². The van der Waals surface area contributed by atoms with Crippen LogP contribution in [-0.4, -0.2) is 17.7 Å². The molecular weight excluding hydrogens is 243 g/mol. The van der Waals surface area contributed by atoms with Gasteiger partial charge in [0.05, 0.1) is 0 Å². The lowest BCUT2D eigenvalue weighted by Crippen LogP contribution is -2.10. The lowest BCUT2D eigenvalue weighted by molar-refractivity contribution is -0.139. The minimum absolute atomic E-state index is 0.0643. The van der Waals surface area contributed by atoms with Gasteiger partial charge in [0.15, 0.2) is 18.2 Å². The highest BCUT2D eigenvalue weighted by atomic mass is 79.9. The Morgan fingerprint density at radius 1 is 1.62 bits per heavy atom. The fourth-order valence-corrected chi connectivity index (χ4v) is 1.06. The minimum Gasteiger partial charge on any atom is -0.479 e. The Morgan fingerprint density at radius 3 is 2.85 bits per heavy atom. The van der Waals surface area contributed by atoms with Gasteiger partial charge in [-0.15, -0.1) is 0 Å². The van der Waals surface area contributed by atoms with E-state index in [-0.39, 0.29) is 5.75 Å². The number of hydrogen-bond acceptors (Lipinski definition) is 2. The van der Waals surface area contributed by atoms with Crippen LogP contribution in [0, 0.1) is 5.82 Å². The molecule has 3 nitrogen and oxygen atoms in total. The van der Waals surface area contributed by atoms with Crippen molar-refractivity contribution < 1.29 is 19.0 Å². The fourth-order valence-electron chi connectivity index (χ4n) is 0.732. The smallest absolute Gasteiger partial charge is 0.341 e. The SMILES string of the molecule is O=C(O)COc1ccc(Br)cc1F. The Morgan fingerprint density at radius 2 is 2.31 bits per heavy atom. The third-order valence-electron chi connectivity index (χ3n) is 1.25. The third kappa shape index (κ3) is 3.02. The normalized spacial score (nSPS) is 9.69. The Balaban J connectivity index is 2.72. The van der Waals surface area contributed by atoms with Gasteiger partial charge in [-0.2, -0.15) is 0 Å². The first-order chi connectivity index (χ1) is 6.09. The Kier molecular flexibility index (Phi) is 3.25. The number of ether oxygens (including phenoxy) is 1. The molecule has 0 aliphatic carbocycles. The first kappa shape index (κ1) is 9.98. The van der Waals surface area contributed by atoms with E-state index in [1.54, 1.807) is 6.07 Å². The molecule has 0 heterocycles. The van der Waals surface area contributed by atoms with Crippen molar-refractivity contribution in [2.75, 3.05) is 6.61 Å². The van der Waals surface area contributed by atoms with Crippen LogP contribution in [0.15, 0.2) is 22.7 Å². The molecule has 0 amide bonds. The van der Waals surface area contributed by atoms with Gasteiger partial charge in [0.2, 0.25) is 0 Å². The summed E-state index contributed by atoms with van der Waals surface area (Å²) in [6.45, 7) is -0.543. The molecular formula is C8H6BrFO3. The number of carboxylic acid groups (broad SMARTS) is 1. The molecule has 0 atom stereocenters. The molecule has 0 saturated heterocycles. The van der Waals surface area contributed by atoms with Crippen LogP contribution >= 0.6 is 15.9 Å². The lowest BCUT2D eigenvalue weighted by Gasteiger charge is -2.03. The van der Waals surface area contributed by atoms with Crippen molar-refractivity contribution >= 4 is 21.9 Å². The van der Waals surface area contributed by atoms with E-state index in [0.717, 1.165) is 0 Å². The van der Waals surface area contributed by atoms with Gasteiger partial charge >= 0.3 is 5.97 Å². The van der Waals surface area contributed by atoms with Crippen LogP contribution < -0.4 is 4.74 Å². The molecule has 0 bridgehead atoms. The second kappa shape index (κ2) is 4.23. The Hall–Kier alpha value is -1.10. The Labute approximate surface area is 82.3 Å². The number of rotatable bonds is 3. The maximum Gasteiger partial charge on any atom is 0.341 e. The summed E-state index contributed by atoms with van der Waals surface area (Å²) in [5, 5.41) is 8.26. The molecule has 0 saturated carbocycles. The second-order valence-electron chi connectivity index (χ2n) is 2.26. The highest BCUT2D eigenvalue weighted by Gasteiger charge is 2.05. The van der Waals surface area contributed by atoms with Gasteiger partial charge in [-0.05, 0) is 18.2 Å². The van der Waals surface area contributed by atoms with Crippen molar-refractivity contribution in [1.29, 1.82) is 0 Å². The van der Waals surface area contributed by atoms with Crippen molar-refractivity contribution in [2.45, 2.75) is 0 Å². The molecule has 5 heteroatoms. The van der Waals surface area contributed by atoms with E-state index in [9.17, 15) is 9.18 Å². The minimum atomic E-state index is -1.14. The summed E-state index contributed by atoms with van der Waals surface area (Å²) in [5.74, 6) is -1.79. The highest BCUT2D eigenvalue weighted by Crippen LogP contribution is 2.21. The number of aliphatic carboxylic acids is 1. The number of halogens is 2. The average molecular weight is 249 g/mol. The zero-order valence-corrected chi connectivity index (χ0v) is 8.04. The van der Waals surface area contributed by atoms with Gasteiger partial charge in [0.1, 0.15) is 0 Å². The summed E-state index contributed by atoms with van der Waals surface area (Å²) >= 11 is 3.06. The van der Waals surface area contributed by atoms with Gasteiger partial charge in [-0.1, -0.05) is 15.9 Å². The summed E-state index contributed by atoms with van der Waals surface area (Å²) in [6, 6.07) is 4.14. The molecule has 0 unspecified atom stereocenters. The van der Waals surface area contributed by atoms with Crippen LogP contribution in [0.4, 0.5) is 4.39 Å². The molecule has 1 N–H and O–H groups in total. The van der Waals surface area contributed by atoms with Crippen LogP contribution in [0.5, 0.6) is 5.75 Å². The van der Waals surface area contributed by atoms with Gasteiger partial charge in [-0.25, -0.2) is 9.18 Å². The molecule has 1 aromatic carbocycles. The van der Waals surface area contributed by atoms with Crippen LogP contribution in [-0.2, 0) is 4.79 Å². The topological polar surface area (TPSA) is 46.5 Å². The van der Waals surface area contributed by atoms with Gasteiger partial charge in [0.25, 0.3) is 0 Å². The van der Waals surface area contributed by atoms with Gasteiger partial charge < -0.3 is 9.84 Å². The van der Waals surface area contributed by atoms with Crippen molar-refractivity contribution in [1.82, 2.24) is 0 Å². The zero-order valence-electron chi connectivity index (χ0n) is 6.46. The predicted molar refractivity (Wildman–Crippen MR) is 47.2 cm³/mol. The van der Waals surface area contributed by atoms with Crippen molar-refractivity contribution in [2.24, 2.45) is 0 Å². The maximum absolute atomic E-state index is 13.0.